The molecule has 0 heterocycles. The SMILES string of the molecule is Cc1cc(C)c(C(N)C(=O)NN)cc1C. The smallest absolute Gasteiger partial charge is 0.255 e. The molecule has 0 saturated heterocycles. The van der Waals surface area contributed by atoms with Crippen LogP contribution in [-0.4, -0.2) is 5.91 Å². The third-order valence-corrected chi connectivity index (χ3v) is 2.64. The molecule has 4 nitrogen and oxygen atoms in total. The van der Waals surface area contributed by atoms with Crippen LogP contribution in [-0.2, 0) is 4.79 Å². The van der Waals surface area contributed by atoms with Crippen molar-refractivity contribution in [3.63, 3.8) is 0 Å². The van der Waals surface area contributed by atoms with Crippen LogP contribution in [0.15, 0.2) is 12.1 Å². The van der Waals surface area contributed by atoms with E-state index in [9.17, 15) is 4.79 Å². The monoisotopic (exact) mass is 207 g/mol. The predicted molar refractivity (Wildman–Crippen MR) is 59.9 cm³/mol. The molecule has 0 aliphatic rings. The van der Waals surface area contributed by atoms with Gasteiger partial charge in [0.25, 0.3) is 5.91 Å². The van der Waals surface area contributed by atoms with Crippen molar-refractivity contribution in [3.8, 4) is 0 Å². The Bertz CT molecular complexity index is 388. The van der Waals surface area contributed by atoms with E-state index in [0.717, 1.165) is 16.7 Å². The van der Waals surface area contributed by atoms with E-state index in [0.29, 0.717) is 0 Å². The van der Waals surface area contributed by atoms with E-state index in [4.69, 9.17) is 11.6 Å². The maximum absolute atomic E-state index is 11.3. The lowest BCUT2D eigenvalue weighted by Crippen LogP contribution is -2.38. The molecule has 0 fully saturated rings. The molecule has 1 aromatic carbocycles. The van der Waals surface area contributed by atoms with Crippen LogP contribution >= 0.6 is 0 Å². The number of rotatable bonds is 2. The highest BCUT2D eigenvalue weighted by Gasteiger charge is 2.17. The van der Waals surface area contributed by atoms with Crippen molar-refractivity contribution >= 4 is 5.91 Å². The molecule has 0 aliphatic heterocycles. The van der Waals surface area contributed by atoms with Crippen LogP contribution < -0.4 is 17.0 Å². The number of nitrogens with one attached hydrogen (secondary N) is 1. The summed E-state index contributed by atoms with van der Waals surface area (Å²) in [5.41, 5.74) is 12.0. The van der Waals surface area contributed by atoms with Gasteiger partial charge in [-0.2, -0.15) is 0 Å². The average molecular weight is 207 g/mol. The summed E-state index contributed by atoms with van der Waals surface area (Å²) in [6.45, 7) is 5.96. The van der Waals surface area contributed by atoms with Gasteiger partial charge in [-0.25, -0.2) is 5.84 Å². The van der Waals surface area contributed by atoms with Crippen LogP contribution in [0.3, 0.4) is 0 Å². The topological polar surface area (TPSA) is 81.1 Å². The van der Waals surface area contributed by atoms with E-state index in [1.54, 1.807) is 0 Å². The van der Waals surface area contributed by atoms with Crippen molar-refractivity contribution in [1.29, 1.82) is 0 Å². The molecule has 15 heavy (non-hydrogen) atoms. The first-order valence-corrected chi connectivity index (χ1v) is 4.81. The molecule has 1 atom stereocenters. The summed E-state index contributed by atoms with van der Waals surface area (Å²) in [6, 6.07) is 3.26. The predicted octanol–water partition coefficient (Wildman–Crippen LogP) is 0.602. The fourth-order valence-electron chi connectivity index (χ4n) is 1.55. The first kappa shape index (κ1) is 11.7. The summed E-state index contributed by atoms with van der Waals surface area (Å²) in [6.07, 6.45) is 0. The molecule has 0 bridgehead atoms. The summed E-state index contributed by atoms with van der Waals surface area (Å²) in [5, 5.41) is 0. The molecule has 4 heteroatoms. The number of nitrogens with two attached hydrogens (primary N) is 2. The molecule has 1 rings (SSSR count). The Balaban J connectivity index is 3.14. The zero-order valence-corrected chi connectivity index (χ0v) is 9.29. The molecule has 5 N–H and O–H groups in total. The van der Waals surface area contributed by atoms with Gasteiger partial charge in [0.15, 0.2) is 0 Å². The largest absolute Gasteiger partial charge is 0.316 e. The van der Waals surface area contributed by atoms with Gasteiger partial charge in [-0.1, -0.05) is 12.1 Å². The minimum absolute atomic E-state index is 0.374. The first-order chi connectivity index (χ1) is 6.97. The van der Waals surface area contributed by atoms with Gasteiger partial charge < -0.3 is 5.73 Å². The molecule has 0 spiro atoms. The Morgan fingerprint density at radius 2 is 1.73 bits per heavy atom. The van der Waals surface area contributed by atoms with Crippen molar-refractivity contribution < 1.29 is 4.79 Å². The fourth-order valence-corrected chi connectivity index (χ4v) is 1.55. The number of hydrogen-bond acceptors (Lipinski definition) is 3. The molecule has 0 aromatic heterocycles. The van der Waals surface area contributed by atoms with E-state index in [1.807, 2.05) is 32.9 Å². The van der Waals surface area contributed by atoms with Gasteiger partial charge >= 0.3 is 0 Å². The van der Waals surface area contributed by atoms with Crippen LogP contribution in [0.4, 0.5) is 0 Å². The molecule has 0 radical (unpaired) electrons. The summed E-state index contributed by atoms with van der Waals surface area (Å²) < 4.78 is 0. The van der Waals surface area contributed by atoms with E-state index in [-0.39, 0.29) is 5.91 Å². The highest BCUT2D eigenvalue weighted by atomic mass is 16.2. The zero-order valence-electron chi connectivity index (χ0n) is 9.29. The van der Waals surface area contributed by atoms with Crippen LogP contribution in [0.1, 0.15) is 28.3 Å². The van der Waals surface area contributed by atoms with Gasteiger partial charge in [-0.15, -0.1) is 0 Å². The molecule has 82 valence electrons. The Morgan fingerprint density at radius 3 is 2.27 bits per heavy atom. The second-order valence-corrected chi connectivity index (χ2v) is 3.78. The van der Waals surface area contributed by atoms with Crippen molar-refractivity contribution in [2.45, 2.75) is 26.8 Å². The van der Waals surface area contributed by atoms with Gasteiger partial charge in [0.2, 0.25) is 0 Å². The molecular formula is C11H17N3O. The average Bonchev–Trinajstić information content (AvgIpc) is 2.21. The number of amides is 1. The number of hydrogen-bond donors (Lipinski definition) is 3. The molecule has 0 saturated carbocycles. The second-order valence-electron chi connectivity index (χ2n) is 3.78. The van der Waals surface area contributed by atoms with E-state index in [1.165, 1.54) is 5.56 Å². The zero-order chi connectivity index (χ0) is 11.6. The van der Waals surface area contributed by atoms with Crippen molar-refractivity contribution in [2.75, 3.05) is 0 Å². The van der Waals surface area contributed by atoms with Crippen LogP contribution in [0, 0.1) is 20.8 Å². The normalized spacial score (nSPS) is 12.3. The number of carbonyl (C=O) groups excluding carboxylic acids is 1. The molecular weight excluding hydrogens is 190 g/mol. The van der Waals surface area contributed by atoms with E-state index >= 15 is 0 Å². The third kappa shape index (κ3) is 2.34. The number of aryl methyl sites for hydroxylation is 3. The standard InChI is InChI=1S/C11H17N3O/c1-6-4-8(3)9(5-7(6)2)10(12)11(15)14-13/h4-5,10H,12-13H2,1-3H3,(H,14,15). The molecule has 0 aliphatic carbocycles. The number of carbonyl (C=O) groups is 1. The summed E-state index contributed by atoms with van der Waals surface area (Å²) in [7, 11) is 0. The van der Waals surface area contributed by atoms with Gasteiger partial charge in [0.05, 0.1) is 0 Å². The van der Waals surface area contributed by atoms with Gasteiger partial charge in [-0.3, -0.25) is 10.2 Å². The van der Waals surface area contributed by atoms with Crippen molar-refractivity contribution in [2.24, 2.45) is 11.6 Å². The van der Waals surface area contributed by atoms with Gasteiger partial charge in [0, 0.05) is 0 Å². The molecule has 1 aromatic rings. The maximum Gasteiger partial charge on any atom is 0.255 e. The first-order valence-electron chi connectivity index (χ1n) is 4.81. The maximum atomic E-state index is 11.3. The summed E-state index contributed by atoms with van der Waals surface area (Å²) >= 11 is 0. The van der Waals surface area contributed by atoms with Crippen molar-refractivity contribution in [3.05, 3.63) is 34.4 Å². The quantitative estimate of drug-likeness (QED) is 0.377. The van der Waals surface area contributed by atoms with Crippen LogP contribution in [0.5, 0.6) is 0 Å². The Kier molecular flexibility index (Phi) is 3.44. The fraction of sp³-hybridized carbons (Fsp3) is 0.364. The number of hydrazine groups is 1. The number of benzene rings is 1. The highest BCUT2D eigenvalue weighted by molar-refractivity contribution is 5.82. The molecule has 1 amide bonds. The van der Waals surface area contributed by atoms with Gasteiger partial charge in [0.1, 0.15) is 6.04 Å². The minimum Gasteiger partial charge on any atom is -0.316 e. The van der Waals surface area contributed by atoms with E-state index < -0.39 is 6.04 Å². The minimum atomic E-state index is -0.700. The Labute approximate surface area is 89.6 Å². The Morgan fingerprint density at radius 1 is 1.20 bits per heavy atom. The van der Waals surface area contributed by atoms with Crippen LogP contribution in [0.2, 0.25) is 0 Å². The van der Waals surface area contributed by atoms with Crippen molar-refractivity contribution in [1.82, 2.24) is 5.43 Å². The summed E-state index contributed by atoms with van der Waals surface area (Å²) in [4.78, 5) is 11.3. The van der Waals surface area contributed by atoms with Gasteiger partial charge in [-0.05, 0) is 43.0 Å². The lowest BCUT2D eigenvalue weighted by Gasteiger charge is -2.15. The highest BCUT2D eigenvalue weighted by Crippen LogP contribution is 2.20. The van der Waals surface area contributed by atoms with E-state index in [2.05, 4.69) is 5.43 Å². The lowest BCUT2D eigenvalue weighted by molar-refractivity contribution is -0.122. The summed E-state index contributed by atoms with van der Waals surface area (Å²) in [5.74, 6) is 4.68. The molecule has 1 unspecified atom stereocenters. The second kappa shape index (κ2) is 4.42. The lowest BCUT2D eigenvalue weighted by atomic mass is 9.96. The van der Waals surface area contributed by atoms with Crippen LogP contribution in [0.25, 0.3) is 0 Å². The third-order valence-electron chi connectivity index (χ3n) is 2.64. The Hall–Kier alpha value is -1.39.